The minimum atomic E-state index is -0.328. The van der Waals surface area contributed by atoms with Gasteiger partial charge < -0.3 is 9.47 Å². The van der Waals surface area contributed by atoms with E-state index in [2.05, 4.69) is 13.8 Å². The molecule has 20 heavy (non-hydrogen) atoms. The van der Waals surface area contributed by atoms with Crippen molar-refractivity contribution < 1.29 is 19.1 Å². The van der Waals surface area contributed by atoms with Gasteiger partial charge in [0, 0.05) is 0 Å². The van der Waals surface area contributed by atoms with E-state index in [1.54, 1.807) is 0 Å². The van der Waals surface area contributed by atoms with Crippen molar-refractivity contribution >= 4 is 11.9 Å². The van der Waals surface area contributed by atoms with Crippen LogP contribution in [-0.2, 0) is 19.1 Å². The van der Waals surface area contributed by atoms with Gasteiger partial charge in [-0.2, -0.15) is 0 Å². The van der Waals surface area contributed by atoms with Gasteiger partial charge in [0.25, 0.3) is 0 Å². The summed E-state index contributed by atoms with van der Waals surface area (Å²) in [7, 11) is 0. The number of esters is 2. The third kappa shape index (κ3) is 8.94. The quantitative estimate of drug-likeness (QED) is 0.572. The molecule has 0 rings (SSSR count). The summed E-state index contributed by atoms with van der Waals surface area (Å²) in [5.74, 6) is -0.346. The molecule has 118 valence electrons. The fourth-order valence-corrected chi connectivity index (χ4v) is 1.76. The number of hydrogen-bond donors (Lipinski definition) is 0. The highest BCUT2D eigenvalue weighted by molar-refractivity contribution is 5.77. The van der Waals surface area contributed by atoms with Crippen LogP contribution in [0.1, 0.15) is 73.1 Å². The number of carbonyl (C=O) groups is 2. The van der Waals surface area contributed by atoms with Crippen LogP contribution in [0.3, 0.4) is 0 Å². The van der Waals surface area contributed by atoms with Gasteiger partial charge >= 0.3 is 11.9 Å². The van der Waals surface area contributed by atoms with Crippen molar-refractivity contribution in [3.8, 4) is 0 Å². The van der Waals surface area contributed by atoms with Crippen LogP contribution in [0.5, 0.6) is 0 Å². The van der Waals surface area contributed by atoms with E-state index in [0.29, 0.717) is 0 Å². The Morgan fingerprint density at radius 2 is 1.30 bits per heavy atom. The van der Waals surface area contributed by atoms with Crippen LogP contribution in [-0.4, -0.2) is 24.1 Å². The van der Waals surface area contributed by atoms with E-state index in [1.165, 1.54) is 0 Å². The summed E-state index contributed by atoms with van der Waals surface area (Å²) in [4.78, 5) is 23.3. The Labute approximate surface area is 123 Å². The third-order valence-corrected chi connectivity index (χ3v) is 3.31. The molecule has 1 unspecified atom stereocenters. The Kier molecular flexibility index (Phi) is 10.1. The highest BCUT2D eigenvalue weighted by atomic mass is 16.5. The van der Waals surface area contributed by atoms with Gasteiger partial charge in [-0.05, 0) is 25.7 Å². The molecule has 4 nitrogen and oxygen atoms in total. The van der Waals surface area contributed by atoms with E-state index < -0.39 is 0 Å². The molecule has 0 heterocycles. The van der Waals surface area contributed by atoms with Crippen LogP contribution in [0, 0.1) is 5.92 Å². The molecule has 0 bridgehead atoms. The van der Waals surface area contributed by atoms with Crippen LogP contribution in [0.15, 0.2) is 0 Å². The summed E-state index contributed by atoms with van der Waals surface area (Å²) in [6.07, 6.45) is 3.82. The van der Waals surface area contributed by atoms with E-state index in [1.807, 2.05) is 20.8 Å². The minimum Gasteiger partial charge on any atom is -0.462 e. The number of rotatable bonds is 10. The fourth-order valence-electron chi connectivity index (χ4n) is 1.76. The highest BCUT2D eigenvalue weighted by Crippen LogP contribution is 2.12. The molecule has 0 saturated heterocycles. The van der Waals surface area contributed by atoms with Crippen LogP contribution >= 0.6 is 0 Å². The Morgan fingerprint density at radius 1 is 0.850 bits per heavy atom. The second kappa shape index (κ2) is 10.7. The number of hydrogen-bond acceptors (Lipinski definition) is 4. The molecule has 0 aromatic rings. The summed E-state index contributed by atoms with van der Waals surface area (Å²) >= 11 is 0. The van der Waals surface area contributed by atoms with Crippen molar-refractivity contribution in [3.05, 3.63) is 0 Å². The second-order valence-corrected chi connectivity index (χ2v) is 5.63. The predicted octanol–water partition coefficient (Wildman–Crippen LogP) is 3.87. The molecule has 0 N–H and O–H groups in total. The molecule has 0 saturated carbocycles. The normalized spacial score (nSPS) is 12.6. The molecule has 0 amide bonds. The van der Waals surface area contributed by atoms with Crippen molar-refractivity contribution in [2.75, 3.05) is 0 Å². The fraction of sp³-hybridized carbons (Fsp3) is 0.875. The maximum Gasteiger partial charge on any atom is 0.306 e. The summed E-state index contributed by atoms with van der Waals surface area (Å²) in [5.41, 5.74) is 0. The summed E-state index contributed by atoms with van der Waals surface area (Å²) in [6, 6.07) is 0. The monoisotopic (exact) mass is 286 g/mol. The molecular formula is C16H30O4. The largest absolute Gasteiger partial charge is 0.462 e. The molecule has 0 aliphatic carbocycles. The maximum absolute atomic E-state index is 11.7. The average molecular weight is 286 g/mol. The van der Waals surface area contributed by atoms with Gasteiger partial charge in [-0.1, -0.05) is 40.5 Å². The molecule has 0 aromatic heterocycles. The Morgan fingerprint density at radius 3 is 1.70 bits per heavy atom. The highest BCUT2D eigenvalue weighted by Gasteiger charge is 2.17. The van der Waals surface area contributed by atoms with Crippen LogP contribution in [0.25, 0.3) is 0 Å². The van der Waals surface area contributed by atoms with E-state index in [-0.39, 0.29) is 42.9 Å². The zero-order chi connectivity index (χ0) is 15.5. The maximum atomic E-state index is 11.7. The van der Waals surface area contributed by atoms with Gasteiger partial charge in [-0.15, -0.1) is 0 Å². The lowest BCUT2D eigenvalue weighted by Crippen LogP contribution is -2.22. The smallest absolute Gasteiger partial charge is 0.306 e. The minimum absolute atomic E-state index is 0.0110. The lowest BCUT2D eigenvalue weighted by molar-refractivity contribution is -0.157. The Bertz CT molecular complexity index is 280. The predicted molar refractivity (Wildman–Crippen MR) is 79.3 cm³/mol. The van der Waals surface area contributed by atoms with Crippen molar-refractivity contribution in [1.82, 2.24) is 0 Å². The summed E-state index contributed by atoms with van der Waals surface area (Å²) < 4.78 is 10.6. The van der Waals surface area contributed by atoms with Gasteiger partial charge in [0.1, 0.15) is 12.2 Å². The van der Waals surface area contributed by atoms with Crippen LogP contribution in [0.4, 0.5) is 0 Å². The molecule has 0 aliphatic rings. The van der Waals surface area contributed by atoms with Gasteiger partial charge in [0.2, 0.25) is 0 Å². The topological polar surface area (TPSA) is 52.6 Å². The van der Waals surface area contributed by atoms with E-state index in [0.717, 1.165) is 25.7 Å². The average Bonchev–Trinajstić information content (AvgIpc) is 2.36. The zero-order valence-electron chi connectivity index (χ0n) is 13.6. The second-order valence-electron chi connectivity index (χ2n) is 5.63. The molecule has 4 heteroatoms. The molecule has 0 aliphatic heterocycles. The lowest BCUT2D eigenvalue weighted by atomic mass is 10.1. The first-order valence-electron chi connectivity index (χ1n) is 7.79. The molecule has 0 radical (unpaired) electrons. The zero-order valence-corrected chi connectivity index (χ0v) is 13.6. The summed E-state index contributed by atoms with van der Waals surface area (Å²) in [5, 5.41) is 0. The third-order valence-electron chi connectivity index (χ3n) is 3.31. The van der Waals surface area contributed by atoms with Crippen molar-refractivity contribution in [2.45, 2.75) is 85.4 Å². The van der Waals surface area contributed by atoms with Gasteiger partial charge in [0.05, 0.1) is 12.8 Å². The van der Waals surface area contributed by atoms with Crippen LogP contribution in [0.2, 0.25) is 0 Å². The van der Waals surface area contributed by atoms with E-state index in [9.17, 15) is 9.59 Å². The van der Waals surface area contributed by atoms with Crippen LogP contribution < -0.4 is 0 Å². The molecular weight excluding hydrogens is 256 g/mol. The first-order chi connectivity index (χ1) is 9.40. The van der Waals surface area contributed by atoms with Gasteiger partial charge in [-0.25, -0.2) is 0 Å². The van der Waals surface area contributed by atoms with E-state index in [4.69, 9.17) is 9.47 Å². The Balaban J connectivity index is 3.99. The lowest BCUT2D eigenvalue weighted by Gasteiger charge is -2.18. The standard InChI is InChI=1S/C16H30O4/c1-6-8-14(9-7-2)20-16(18)11-10-15(17)19-13(5)12(3)4/h12-14H,6-11H2,1-5H3. The molecule has 0 spiro atoms. The first kappa shape index (κ1) is 18.9. The summed E-state index contributed by atoms with van der Waals surface area (Å²) in [6.45, 7) is 9.99. The Hall–Kier alpha value is -1.06. The number of carbonyl (C=O) groups excluding carboxylic acids is 2. The van der Waals surface area contributed by atoms with Crippen molar-refractivity contribution in [3.63, 3.8) is 0 Å². The first-order valence-corrected chi connectivity index (χ1v) is 7.79. The number of ether oxygens (including phenoxy) is 2. The SMILES string of the molecule is CCCC(CCC)OC(=O)CCC(=O)OC(C)C(C)C. The van der Waals surface area contributed by atoms with Crippen molar-refractivity contribution in [1.29, 1.82) is 0 Å². The van der Waals surface area contributed by atoms with E-state index >= 15 is 0 Å². The van der Waals surface area contributed by atoms with Gasteiger partial charge in [-0.3, -0.25) is 9.59 Å². The molecule has 1 atom stereocenters. The van der Waals surface area contributed by atoms with Crippen molar-refractivity contribution in [2.24, 2.45) is 5.92 Å². The van der Waals surface area contributed by atoms with Gasteiger partial charge in [0.15, 0.2) is 0 Å². The molecule has 0 aromatic carbocycles. The molecule has 0 fully saturated rings.